The van der Waals surface area contributed by atoms with E-state index in [0.717, 1.165) is 11.0 Å². The highest BCUT2D eigenvalue weighted by Crippen LogP contribution is 2.18. The van der Waals surface area contributed by atoms with Gasteiger partial charge in [-0.2, -0.15) is 0 Å². The van der Waals surface area contributed by atoms with Crippen molar-refractivity contribution in [3.8, 4) is 5.75 Å². The molecule has 0 spiro atoms. The van der Waals surface area contributed by atoms with Gasteiger partial charge < -0.3 is 24.2 Å². The summed E-state index contributed by atoms with van der Waals surface area (Å²) in [7, 11) is 7.70. The average molecular weight is 311 g/mol. The molecule has 124 valence electrons. The summed E-state index contributed by atoms with van der Waals surface area (Å²) in [5.41, 5.74) is 0.623. The molecule has 0 saturated heterocycles. The number of rotatable bonds is 9. The number of quaternary nitrogens is 1. The zero-order valence-corrected chi connectivity index (χ0v) is 13.8. The molecule has 6 heteroatoms. The van der Waals surface area contributed by atoms with Crippen LogP contribution in [0.4, 0.5) is 5.69 Å². The predicted octanol–water partition coefficient (Wildman–Crippen LogP) is 0.292. The van der Waals surface area contributed by atoms with Crippen LogP contribution in [0, 0.1) is 0 Å². The zero-order chi connectivity index (χ0) is 16.6. The predicted molar refractivity (Wildman–Crippen MR) is 85.8 cm³/mol. The van der Waals surface area contributed by atoms with Crippen LogP contribution in [-0.2, 0) is 4.74 Å². The molecule has 0 fully saturated rings. The Morgan fingerprint density at radius 2 is 1.86 bits per heavy atom. The first-order valence-corrected chi connectivity index (χ1v) is 7.28. The third-order valence-corrected chi connectivity index (χ3v) is 2.91. The van der Waals surface area contributed by atoms with Crippen molar-refractivity contribution >= 4 is 11.6 Å². The number of ether oxygens (including phenoxy) is 2. The minimum absolute atomic E-state index is 0.118. The quantitative estimate of drug-likeness (QED) is 0.285. The fourth-order valence-electron chi connectivity index (χ4n) is 1.69. The van der Waals surface area contributed by atoms with Gasteiger partial charge in [0.2, 0.25) is 6.10 Å². The molecular weight excluding hydrogens is 284 g/mol. The second-order valence-electron chi connectivity index (χ2n) is 6.23. The summed E-state index contributed by atoms with van der Waals surface area (Å²) in [5, 5.41) is 19.4. The van der Waals surface area contributed by atoms with Crippen LogP contribution < -0.4 is 9.84 Å². The first-order valence-electron chi connectivity index (χ1n) is 7.28. The van der Waals surface area contributed by atoms with Gasteiger partial charge in [0.25, 0.3) is 0 Å². The van der Waals surface area contributed by atoms with Crippen LogP contribution in [0.15, 0.2) is 29.3 Å². The largest absolute Gasteiger partial charge is 0.862 e. The molecule has 1 aromatic carbocycles. The summed E-state index contributed by atoms with van der Waals surface area (Å²) in [5.74, 6) is 0.541. The molecule has 0 radical (unpaired) electrons. The van der Waals surface area contributed by atoms with E-state index in [9.17, 15) is 5.11 Å². The summed E-state index contributed by atoms with van der Waals surface area (Å²) in [6, 6.07) is 7.00. The maximum Gasteiger partial charge on any atom is 0.212 e. The van der Waals surface area contributed by atoms with E-state index in [1.165, 1.54) is 0 Å². The summed E-state index contributed by atoms with van der Waals surface area (Å²) in [6.45, 7) is 1.37. The third-order valence-electron chi connectivity index (χ3n) is 2.91. The van der Waals surface area contributed by atoms with Gasteiger partial charge in [-0.3, -0.25) is 4.99 Å². The molecule has 0 amide bonds. The van der Waals surface area contributed by atoms with E-state index in [0.29, 0.717) is 24.5 Å². The lowest BCUT2D eigenvalue weighted by molar-refractivity contribution is -0.869. The molecule has 22 heavy (non-hydrogen) atoms. The molecule has 0 aromatic heterocycles. The molecule has 2 N–H and O–H groups in total. The number of aliphatic imine (C=N–C) groups is 1. The Kier molecular flexibility index (Phi) is 7.31. The Morgan fingerprint density at radius 3 is 2.41 bits per heavy atom. The monoisotopic (exact) mass is 311 g/mol. The third kappa shape index (κ3) is 7.97. The Hall–Kier alpha value is -1.63. The minimum atomic E-state index is -0.411. The highest BCUT2D eigenvalue weighted by Gasteiger charge is 2.08. The molecule has 1 rings (SSSR count). The minimum Gasteiger partial charge on any atom is -0.862 e. The standard InChI is InChI=1S/C16H26N2O4/c1-18(2,3)10-9-16(20)17-13-5-7-15(8-6-13)22-12-14(19)11-21-4/h5-8,14,19H,9-12H2,1-4H3/p+1/t14-/m1/s1. The van der Waals surface area contributed by atoms with Crippen LogP contribution >= 0.6 is 0 Å². The first-order chi connectivity index (χ1) is 10.3. The van der Waals surface area contributed by atoms with Crippen LogP contribution in [0.25, 0.3) is 0 Å². The topological polar surface area (TPSA) is 76.8 Å². The molecular formula is C16H27N2O4+. The molecule has 0 aliphatic rings. The lowest BCUT2D eigenvalue weighted by atomic mass is 10.3. The van der Waals surface area contributed by atoms with Gasteiger partial charge >= 0.3 is 0 Å². The van der Waals surface area contributed by atoms with E-state index in [4.69, 9.17) is 14.6 Å². The number of benzene rings is 1. The first kappa shape index (κ1) is 18.4. The van der Waals surface area contributed by atoms with E-state index >= 15 is 0 Å². The fourth-order valence-corrected chi connectivity index (χ4v) is 1.69. The van der Waals surface area contributed by atoms with E-state index in [-0.39, 0.29) is 12.5 Å². The molecule has 1 atom stereocenters. The summed E-state index contributed by atoms with van der Waals surface area (Å²) >= 11 is 0. The van der Waals surface area contributed by atoms with Crippen LogP contribution in [0.5, 0.6) is 5.75 Å². The highest BCUT2D eigenvalue weighted by molar-refractivity contribution is 5.75. The zero-order valence-electron chi connectivity index (χ0n) is 13.8. The summed E-state index contributed by atoms with van der Waals surface area (Å²) < 4.78 is 11.1. The van der Waals surface area contributed by atoms with Crippen molar-refractivity contribution in [3.63, 3.8) is 0 Å². The van der Waals surface area contributed by atoms with E-state index in [1.54, 1.807) is 31.4 Å². The van der Waals surface area contributed by atoms with Crippen molar-refractivity contribution in [1.29, 1.82) is 0 Å². The highest BCUT2D eigenvalue weighted by atomic mass is 16.5. The number of hydrogen-bond donors (Lipinski definition) is 0. The Bertz CT molecular complexity index is 466. The second-order valence-corrected chi connectivity index (χ2v) is 6.23. The Morgan fingerprint density at radius 1 is 1.23 bits per heavy atom. The fraction of sp³-hybridized carbons (Fsp3) is 0.562. The molecule has 0 aliphatic heterocycles. The Labute approximate surface area is 132 Å². The van der Waals surface area contributed by atoms with Gasteiger partial charge in [-0.05, 0) is 30.2 Å². The lowest BCUT2D eigenvalue weighted by Gasteiger charge is -2.25. The van der Waals surface area contributed by atoms with E-state index in [1.807, 2.05) is 21.1 Å². The smallest absolute Gasteiger partial charge is 0.212 e. The van der Waals surface area contributed by atoms with Gasteiger partial charge in [-0.15, -0.1) is 0 Å². The molecule has 0 saturated carbocycles. The maximum absolute atomic E-state index is 11.8. The van der Waals surface area contributed by atoms with Crippen molar-refractivity contribution < 1.29 is 24.2 Å². The van der Waals surface area contributed by atoms with E-state index < -0.39 is 6.10 Å². The molecule has 0 unspecified atom stereocenters. The van der Waals surface area contributed by atoms with Gasteiger partial charge in [0.1, 0.15) is 12.4 Å². The van der Waals surface area contributed by atoms with Gasteiger partial charge in [-0.1, -0.05) is 0 Å². The van der Waals surface area contributed by atoms with E-state index in [2.05, 4.69) is 4.99 Å². The maximum atomic E-state index is 11.8. The van der Waals surface area contributed by atoms with Crippen molar-refractivity contribution in [3.05, 3.63) is 24.3 Å². The van der Waals surface area contributed by atoms with Gasteiger partial charge in [0, 0.05) is 13.5 Å². The molecule has 0 aliphatic carbocycles. The molecule has 0 bridgehead atoms. The van der Waals surface area contributed by atoms with Crippen molar-refractivity contribution in [1.82, 2.24) is 0 Å². The number of nitrogens with zero attached hydrogens (tertiary/aromatic N) is 2. The lowest BCUT2D eigenvalue weighted by Crippen LogP contribution is -2.38. The van der Waals surface area contributed by atoms with Crippen LogP contribution in [0.2, 0.25) is 0 Å². The van der Waals surface area contributed by atoms with Crippen LogP contribution in [-0.4, -0.2) is 69.6 Å². The molecule has 6 nitrogen and oxygen atoms in total. The van der Waals surface area contributed by atoms with Crippen LogP contribution in [0.1, 0.15) is 6.42 Å². The summed E-state index contributed by atoms with van der Waals surface area (Å²) in [4.78, 5) is 4.07. The van der Waals surface area contributed by atoms with Crippen molar-refractivity contribution in [2.45, 2.75) is 12.5 Å². The van der Waals surface area contributed by atoms with Gasteiger partial charge in [0.05, 0.1) is 33.4 Å². The number of hydrogen-bond acceptors (Lipinski definition) is 4. The number of methoxy groups -OCH3 is 1. The van der Waals surface area contributed by atoms with Gasteiger partial charge in [0.15, 0.2) is 6.61 Å². The average Bonchev–Trinajstić information content (AvgIpc) is 2.44. The van der Waals surface area contributed by atoms with Crippen molar-refractivity contribution in [2.75, 3.05) is 48.0 Å². The Balaban J connectivity index is 2.50. The molecule has 0 heterocycles. The molecule has 1 aromatic rings. The second kappa shape index (κ2) is 8.73. The summed E-state index contributed by atoms with van der Waals surface area (Å²) in [6.07, 6.45) is 0.0192. The van der Waals surface area contributed by atoms with Gasteiger partial charge in [-0.25, -0.2) is 0 Å². The van der Waals surface area contributed by atoms with Crippen LogP contribution in [0.3, 0.4) is 0 Å². The van der Waals surface area contributed by atoms with Crippen molar-refractivity contribution in [2.24, 2.45) is 4.99 Å². The normalized spacial score (nSPS) is 14.0. The SMILES string of the molecule is COC[C@@H]([OH2+])COc1ccc(N=C([O-])CC[N+](C)(C)C)cc1.